The predicted molar refractivity (Wildman–Crippen MR) is 94.1 cm³/mol. The third-order valence-corrected chi connectivity index (χ3v) is 4.50. The van der Waals surface area contributed by atoms with Crippen molar-refractivity contribution >= 4 is 5.91 Å². The Balaban J connectivity index is 1.45. The fourth-order valence-corrected chi connectivity index (χ4v) is 3.10. The molecule has 0 aliphatic carbocycles. The maximum absolute atomic E-state index is 13.9. The molecule has 0 spiro atoms. The number of rotatable bonds is 4. The Morgan fingerprint density at radius 2 is 1.86 bits per heavy atom. The first-order valence-corrected chi connectivity index (χ1v) is 8.68. The van der Waals surface area contributed by atoms with Crippen molar-refractivity contribution in [2.75, 3.05) is 6.54 Å². The van der Waals surface area contributed by atoms with Crippen molar-refractivity contribution < 1.29 is 22.7 Å². The average molecular weight is 387 g/mol. The lowest BCUT2D eigenvalue weighted by molar-refractivity contribution is 0.0701. The van der Waals surface area contributed by atoms with Crippen molar-refractivity contribution in [3.05, 3.63) is 82.8 Å². The molecule has 1 aliphatic rings. The quantitative estimate of drug-likeness (QED) is 0.688. The number of carbonyl (C=O) groups is 1. The van der Waals surface area contributed by atoms with Crippen molar-refractivity contribution in [3.63, 3.8) is 0 Å². The van der Waals surface area contributed by atoms with Crippen molar-refractivity contribution in [2.45, 2.75) is 19.7 Å². The molecule has 144 valence electrons. The zero-order chi connectivity index (χ0) is 19.7. The van der Waals surface area contributed by atoms with Gasteiger partial charge in [-0.25, -0.2) is 13.2 Å². The fourth-order valence-electron chi connectivity index (χ4n) is 3.10. The number of hydrogen-bond acceptors (Lipinski definition) is 3. The molecule has 28 heavy (non-hydrogen) atoms. The van der Waals surface area contributed by atoms with E-state index in [4.69, 9.17) is 4.74 Å². The summed E-state index contributed by atoms with van der Waals surface area (Å²) < 4.78 is 47.5. The molecule has 0 N–H and O–H groups in total. The Hall–Kier alpha value is -3.29. The van der Waals surface area contributed by atoms with Crippen LogP contribution in [0.3, 0.4) is 0 Å². The number of carbonyl (C=O) groups excluding carboxylic acids is 1. The molecule has 8 heteroatoms. The van der Waals surface area contributed by atoms with Crippen LogP contribution in [0.4, 0.5) is 13.2 Å². The van der Waals surface area contributed by atoms with E-state index in [2.05, 4.69) is 5.10 Å². The van der Waals surface area contributed by atoms with Crippen molar-refractivity contribution in [3.8, 4) is 5.88 Å². The largest absolute Gasteiger partial charge is 0.472 e. The maximum Gasteiger partial charge on any atom is 0.257 e. The Labute approximate surface area is 159 Å². The van der Waals surface area contributed by atoms with Crippen LogP contribution < -0.4 is 4.74 Å². The highest BCUT2D eigenvalue weighted by atomic mass is 19.1. The number of benzene rings is 2. The molecule has 1 amide bonds. The van der Waals surface area contributed by atoms with Crippen LogP contribution in [0.2, 0.25) is 0 Å². The monoisotopic (exact) mass is 387 g/mol. The molecular weight excluding hydrogens is 371 g/mol. The van der Waals surface area contributed by atoms with E-state index in [1.54, 1.807) is 22.9 Å². The van der Waals surface area contributed by atoms with Crippen LogP contribution in [0.15, 0.2) is 48.5 Å². The molecule has 0 fully saturated rings. The van der Waals surface area contributed by atoms with E-state index in [1.807, 2.05) is 0 Å². The van der Waals surface area contributed by atoms with Crippen molar-refractivity contribution in [1.82, 2.24) is 14.7 Å². The van der Waals surface area contributed by atoms with Crippen LogP contribution in [-0.4, -0.2) is 27.1 Å². The Bertz CT molecular complexity index is 1040. The van der Waals surface area contributed by atoms with Crippen molar-refractivity contribution in [2.24, 2.45) is 0 Å². The van der Waals surface area contributed by atoms with E-state index in [9.17, 15) is 18.0 Å². The molecular formula is C20H16F3N3O2. The first kappa shape index (κ1) is 18.1. The fraction of sp³-hybridized carbons (Fsp3) is 0.200. The Morgan fingerprint density at radius 3 is 2.64 bits per heavy atom. The Morgan fingerprint density at radius 1 is 1.04 bits per heavy atom. The molecule has 1 aliphatic heterocycles. The summed E-state index contributed by atoms with van der Waals surface area (Å²) in [4.78, 5) is 14.0. The lowest BCUT2D eigenvalue weighted by atomic mass is 10.1. The minimum Gasteiger partial charge on any atom is -0.472 e. The van der Waals surface area contributed by atoms with Crippen LogP contribution in [0.25, 0.3) is 0 Å². The number of amides is 1. The van der Waals surface area contributed by atoms with Gasteiger partial charge in [-0.3, -0.25) is 9.48 Å². The smallest absolute Gasteiger partial charge is 0.257 e. The molecule has 0 saturated carbocycles. The van der Waals surface area contributed by atoms with Gasteiger partial charge in [0.1, 0.15) is 24.1 Å². The van der Waals surface area contributed by atoms with Gasteiger partial charge in [-0.2, -0.15) is 0 Å². The van der Waals surface area contributed by atoms with E-state index in [0.29, 0.717) is 30.6 Å². The second-order valence-corrected chi connectivity index (χ2v) is 6.47. The SMILES string of the molecule is O=C(c1ccc(F)cc1F)N1CCn2nc(OCc3cccc(F)c3)cc2C1. The third-order valence-electron chi connectivity index (χ3n) is 4.50. The van der Waals surface area contributed by atoms with Crippen LogP contribution in [-0.2, 0) is 19.7 Å². The number of ether oxygens (including phenoxy) is 1. The summed E-state index contributed by atoms with van der Waals surface area (Å²) in [5, 5.41) is 4.32. The highest BCUT2D eigenvalue weighted by molar-refractivity contribution is 5.94. The molecule has 2 heterocycles. The maximum atomic E-state index is 13.9. The highest BCUT2D eigenvalue weighted by Crippen LogP contribution is 2.21. The first-order valence-electron chi connectivity index (χ1n) is 8.68. The summed E-state index contributed by atoms with van der Waals surface area (Å²) in [6, 6.07) is 10.7. The molecule has 3 aromatic rings. The van der Waals surface area contributed by atoms with Gasteiger partial charge in [0.05, 0.1) is 24.3 Å². The summed E-state index contributed by atoms with van der Waals surface area (Å²) in [6.07, 6.45) is 0. The molecule has 1 aromatic heterocycles. The standard InChI is InChI=1S/C20H16F3N3O2/c21-14-3-1-2-13(8-14)12-28-19-10-16-11-25(6-7-26(16)24-19)20(27)17-5-4-15(22)9-18(17)23/h1-5,8-10H,6-7,11-12H2. The van der Waals surface area contributed by atoms with Gasteiger partial charge in [0.2, 0.25) is 5.88 Å². The van der Waals surface area contributed by atoms with Gasteiger partial charge in [-0.05, 0) is 29.8 Å². The number of fused-ring (bicyclic) bond motifs is 1. The van der Waals surface area contributed by atoms with Crippen molar-refractivity contribution in [1.29, 1.82) is 0 Å². The summed E-state index contributed by atoms with van der Waals surface area (Å²) in [7, 11) is 0. The number of halogens is 3. The zero-order valence-corrected chi connectivity index (χ0v) is 14.7. The van der Waals surface area contributed by atoms with Crippen LogP contribution >= 0.6 is 0 Å². The molecule has 0 unspecified atom stereocenters. The van der Waals surface area contributed by atoms with Crippen LogP contribution in [0, 0.1) is 17.5 Å². The molecule has 0 atom stereocenters. The molecule has 5 nitrogen and oxygen atoms in total. The van der Waals surface area contributed by atoms with Gasteiger partial charge >= 0.3 is 0 Å². The summed E-state index contributed by atoms with van der Waals surface area (Å²) in [5.74, 6) is -2.10. The lowest BCUT2D eigenvalue weighted by Crippen LogP contribution is -2.38. The second-order valence-electron chi connectivity index (χ2n) is 6.47. The minimum atomic E-state index is -0.886. The lowest BCUT2D eigenvalue weighted by Gasteiger charge is -2.27. The number of aromatic nitrogens is 2. The third kappa shape index (κ3) is 3.71. The van der Waals surface area contributed by atoms with Gasteiger partial charge in [-0.15, -0.1) is 5.10 Å². The van der Waals surface area contributed by atoms with E-state index in [1.165, 1.54) is 17.0 Å². The topological polar surface area (TPSA) is 47.4 Å². The van der Waals surface area contributed by atoms with Gasteiger partial charge < -0.3 is 9.64 Å². The van der Waals surface area contributed by atoms with E-state index in [-0.39, 0.29) is 24.5 Å². The van der Waals surface area contributed by atoms with Crippen LogP contribution in [0.5, 0.6) is 5.88 Å². The minimum absolute atomic E-state index is 0.164. The summed E-state index contributed by atoms with van der Waals surface area (Å²) in [6.45, 7) is 1.16. The molecule has 0 radical (unpaired) electrons. The predicted octanol–water partition coefficient (Wildman–Crippen LogP) is 3.54. The summed E-state index contributed by atoms with van der Waals surface area (Å²) >= 11 is 0. The summed E-state index contributed by atoms with van der Waals surface area (Å²) in [5.41, 5.74) is 1.24. The van der Waals surface area contributed by atoms with Gasteiger partial charge in [0, 0.05) is 18.7 Å². The molecule has 0 bridgehead atoms. The zero-order valence-electron chi connectivity index (χ0n) is 14.7. The highest BCUT2D eigenvalue weighted by Gasteiger charge is 2.25. The van der Waals surface area contributed by atoms with E-state index >= 15 is 0 Å². The second kappa shape index (κ2) is 7.38. The van der Waals surface area contributed by atoms with Gasteiger partial charge in [0.15, 0.2) is 0 Å². The van der Waals surface area contributed by atoms with E-state index in [0.717, 1.165) is 17.8 Å². The number of nitrogens with zero attached hydrogens (tertiary/aromatic N) is 3. The first-order chi connectivity index (χ1) is 13.5. The normalized spacial score (nSPS) is 13.3. The molecule has 0 saturated heterocycles. The number of hydrogen-bond donors (Lipinski definition) is 0. The molecule has 4 rings (SSSR count). The average Bonchev–Trinajstić information content (AvgIpc) is 3.08. The van der Waals surface area contributed by atoms with Gasteiger partial charge in [0.25, 0.3) is 5.91 Å². The Kier molecular flexibility index (Phi) is 4.77. The van der Waals surface area contributed by atoms with Gasteiger partial charge in [-0.1, -0.05) is 12.1 Å². The van der Waals surface area contributed by atoms with Crippen LogP contribution in [0.1, 0.15) is 21.6 Å². The molecule has 2 aromatic carbocycles. The van der Waals surface area contributed by atoms with E-state index < -0.39 is 17.5 Å².